The van der Waals surface area contributed by atoms with Crippen LogP contribution in [0.1, 0.15) is 16.6 Å². The Balaban J connectivity index is 1.31. The van der Waals surface area contributed by atoms with Gasteiger partial charge in [-0.2, -0.15) is 0 Å². The predicted molar refractivity (Wildman–Crippen MR) is 129 cm³/mol. The number of ether oxygens (including phenoxy) is 1. The van der Waals surface area contributed by atoms with Gasteiger partial charge in [0.25, 0.3) is 5.91 Å². The predicted octanol–water partition coefficient (Wildman–Crippen LogP) is 3.02. The minimum Gasteiger partial charge on any atom is -0.497 e. The van der Waals surface area contributed by atoms with E-state index in [2.05, 4.69) is 15.1 Å². The number of nitrogens with zero attached hydrogens (tertiary/aromatic N) is 5. The van der Waals surface area contributed by atoms with Crippen LogP contribution < -0.4 is 9.64 Å². The number of amides is 2. The highest BCUT2D eigenvalue weighted by Gasteiger charge is 2.25. The number of hydrogen-bond donors (Lipinski definition) is 0. The Morgan fingerprint density at radius 1 is 1.03 bits per heavy atom. The maximum atomic E-state index is 12.8. The second kappa shape index (κ2) is 10.4. The molecule has 0 aliphatic carbocycles. The summed E-state index contributed by atoms with van der Waals surface area (Å²) in [5.41, 5.74) is 1.77. The number of anilines is 1. The molecule has 0 spiro atoms. The molecule has 1 fully saturated rings. The van der Waals surface area contributed by atoms with Gasteiger partial charge in [0.1, 0.15) is 12.3 Å². The highest BCUT2D eigenvalue weighted by Crippen LogP contribution is 2.22. The molecule has 8 nitrogen and oxygen atoms in total. The van der Waals surface area contributed by atoms with Gasteiger partial charge in [0.05, 0.1) is 17.7 Å². The van der Waals surface area contributed by atoms with E-state index in [1.807, 2.05) is 59.7 Å². The molecule has 0 N–H and O–H groups in total. The summed E-state index contributed by atoms with van der Waals surface area (Å²) >= 11 is 1.40. The Bertz CT molecular complexity index is 1060. The molecule has 33 heavy (non-hydrogen) atoms. The molecule has 2 amide bonds. The van der Waals surface area contributed by atoms with E-state index >= 15 is 0 Å². The molecule has 0 saturated carbocycles. The lowest BCUT2D eigenvalue weighted by Crippen LogP contribution is -2.52. The van der Waals surface area contributed by atoms with Gasteiger partial charge in [-0.3, -0.25) is 9.59 Å². The van der Waals surface area contributed by atoms with Crippen LogP contribution in [-0.4, -0.2) is 78.2 Å². The van der Waals surface area contributed by atoms with E-state index in [0.29, 0.717) is 37.6 Å². The molecule has 4 rings (SSSR count). The first kappa shape index (κ1) is 22.7. The highest BCUT2D eigenvalue weighted by atomic mass is 32.1. The number of carbonyl (C=O) groups excluding carboxylic acids is 2. The summed E-state index contributed by atoms with van der Waals surface area (Å²) in [6.07, 6.45) is 0. The second-order valence-corrected chi connectivity index (χ2v) is 8.62. The van der Waals surface area contributed by atoms with E-state index in [1.165, 1.54) is 11.3 Å². The lowest BCUT2D eigenvalue weighted by Gasteiger charge is -2.36. The van der Waals surface area contributed by atoms with Gasteiger partial charge in [-0.05, 0) is 54.8 Å². The molecule has 1 aliphatic heterocycles. The first-order chi connectivity index (χ1) is 16.1. The smallest absolute Gasteiger partial charge is 0.264 e. The fraction of sp³-hybridized carbons (Fsp3) is 0.333. The van der Waals surface area contributed by atoms with Crippen LogP contribution in [0.15, 0.2) is 53.9 Å². The fourth-order valence-corrected chi connectivity index (χ4v) is 4.43. The molecule has 3 heterocycles. The number of benzene rings is 1. The van der Waals surface area contributed by atoms with Crippen LogP contribution in [0.5, 0.6) is 5.75 Å². The molecule has 0 atom stereocenters. The van der Waals surface area contributed by atoms with E-state index in [4.69, 9.17) is 4.74 Å². The van der Waals surface area contributed by atoms with Gasteiger partial charge >= 0.3 is 0 Å². The van der Waals surface area contributed by atoms with Gasteiger partial charge in [0.15, 0.2) is 5.82 Å². The Labute approximate surface area is 197 Å². The third kappa shape index (κ3) is 5.31. The first-order valence-electron chi connectivity index (χ1n) is 10.9. The minimum absolute atomic E-state index is 0.0256. The SMILES string of the molecule is CCN(CC(=O)N1CCN(c2ccc(-c3ccc(OC)cc3)nn2)CC1)C(=O)c1cccs1. The van der Waals surface area contributed by atoms with E-state index in [9.17, 15) is 9.59 Å². The molecule has 1 aliphatic rings. The summed E-state index contributed by atoms with van der Waals surface area (Å²) in [6, 6.07) is 15.3. The summed E-state index contributed by atoms with van der Waals surface area (Å²) in [6.45, 7) is 5.02. The van der Waals surface area contributed by atoms with Crippen LogP contribution >= 0.6 is 11.3 Å². The molecule has 172 valence electrons. The molecular weight excluding hydrogens is 438 g/mol. The second-order valence-electron chi connectivity index (χ2n) is 7.67. The highest BCUT2D eigenvalue weighted by molar-refractivity contribution is 7.12. The van der Waals surface area contributed by atoms with E-state index in [-0.39, 0.29) is 18.4 Å². The zero-order chi connectivity index (χ0) is 23.2. The van der Waals surface area contributed by atoms with Gasteiger partial charge in [-0.1, -0.05) is 6.07 Å². The summed E-state index contributed by atoms with van der Waals surface area (Å²) in [5.74, 6) is 1.48. The van der Waals surface area contributed by atoms with Crippen molar-refractivity contribution in [3.8, 4) is 17.0 Å². The lowest BCUT2D eigenvalue weighted by atomic mass is 10.1. The normalized spacial score (nSPS) is 13.6. The maximum Gasteiger partial charge on any atom is 0.264 e. The number of piperazine rings is 1. The van der Waals surface area contributed by atoms with Crippen LogP contribution in [0.3, 0.4) is 0 Å². The molecule has 1 saturated heterocycles. The van der Waals surface area contributed by atoms with Gasteiger partial charge in [0, 0.05) is 38.3 Å². The van der Waals surface area contributed by atoms with Crippen molar-refractivity contribution < 1.29 is 14.3 Å². The Morgan fingerprint density at radius 3 is 2.36 bits per heavy atom. The number of aromatic nitrogens is 2. The van der Waals surface area contributed by atoms with Crippen molar-refractivity contribution in [2.75, 3.05) is 51.3 Å². The Kier molecular flexibility index (Phi) is 7.19. The average molecular weight is 466 g/mol. The largest absolute Gasteiger partial charge is 0.497 e. The quantitative estimate of drug-likeness (QED) is 0.534. The van der Waals surface area contributed by atoms with Crippen LogP contribution in [0.4, 0.5) is 5.82 Å². The topological polar surface area (TPSA) is 78.9 Å². The van der Waals surface area contributed by atoms with E-state index < -0.39 is 0 Å². The van der Waals surface area contributed by atoms with Gasteiger partial charge < -0.3 is 19.4 Å². The Morgan fingerprint density at radius 2 is 1.79 bits per heavy atom. The zero-order valence-electron chi connectivity index (χ0n) is 18.8. The summed E-state index contributed by atoms with van der Waals surface area (Å²) < 4.78 is 5.20. The van der Waals surface area contributed by atoms with Crippen molar-refractivity contribution in [2.45, 2.75) is 6.92 Å². The molecule has 0 radical (unpaired) electrons. The summed E-state index contributed by atoms with van der Waals surface area (Å²) in [4.78, 5) is 31.6. The monoisotopic (exact) mass is 465 g/mol. The molecule has 3 aromatic rings. The van der Waals surface area contributed by atoms with E-state index in [0.717, 1.165) is 22.8 Å². The number of methoxy groups -OCH3 is 1. The van der Waals surface area contributed by atoms with Crippen LogP contribution in [-0.2, 0) is 4.79 Å². The van der Waals surface area contributed by atoms with Crippen molar-refractivity contribution in [3.05, 3.63) is 58.8 Å². The van der Waals surface area contributed by atoms with Crippen LogP contribution in [0, 0.1) is 0 Å². The number of rotatable bonds is 7. The molecule has 0 unspecified atom stereocenters. The van der Waals surface area contributed by atoms with Gasteiger partial charge in [-0.25, -0.2) is 0 Å². The molecule has 0 bridgehead atoms. The van der Waals surface area contributed by atoms with Crippen LogP contribution in [0.25, 0.3) is 11.3 Å². The third-order valence-corrected chi connectivity index (χ3v) is 6.58. The van der Waals surface area contributed by atoms with Gasteiger partial charge in [0.2, 0.25) is 5.91 Å². The lowest BCUT2D eigenvalue weighted by molar-refractivity contribution is -0.132. The van der Waals surface area contributed by atoms with Crippen molar-refractivity contribution in [1.29, 1.82) is 0 Å². The van der Waals surface area contributed by atoms with Crippen molar-refractivity contribution >= 4 is 29.0 Å². The molecular formula is C24H27N5O3S. The molecule has 2 aromatic heterocycles. The standard InChI is InChI=1S/C24H27N5O3S/c1-3-27(24(31)21-5-4-16-33-21)17-23(30)29-14-12-28(13-15-29)22-11-10-20(25-26-22)18-6-8-19(32-2)9-7-18/h4-11,16H,3,12-15,17H2,1-2H3. The molecule has 9 heteroatoms. The first-order valence-corrected chi connectivity index (χ1v) is 11.8. The van der Waals surface area contributed by atoms with Crippen molar-refractivity contribution in [3.63, 3.8) is 0 Å². The van der Waals surface area contributed by atoms with Crippen molar-refractivity contribution in [2.24, 2.45) is 0 Å². The number of carbonyl (C=O) groups is 2. The number of thiophene rings is 1. The number of hydrogen-bond acceptors (Lipinski definition) is 7. The minimum atomic E-state index is -0.0910. The molecule has 1 aromatic carbocycles. The Hall–Kier alpha value is -3.46. The average Bonchev–Trinajstić information content (AvgIpc) is 3.42. The summed E-state index contributed by atoms with van der Waals surface area (Å²) in [7, 11) is 1.64. The maximum absolute atomic E-state index is 12.8. The fourth-order valence-electron chi connectivity index (χ4n) is 3.74. The van der Waals surface area contributed by atoms with Crippen molar-refractivity contribution in [1.82, 2.24) is 20.0 Å². The van der Waals surface area contributed by atoms with Crippen LogP contribution in [0.2, 0.25) is 0 Å². The summed E-state index contributed by atoms with van der Waals surface area (Å²) in [5, 5.41) is 10.6. The van der Waals surface area contributed by atoms with E-state index in [1.54, 1.807) is 18.1 Å². The third-order valence-electron chi connectivity index (χ3n) is 5.72. The van der Waals surface area contributed by atoms with Gasteiger partial charge in [-0.15, -0.1) is 21.5 Å². The zero-order valence-corrected chi connectivity index (χ0v) is 19.6. The number of likely N-dealkylation sites (N-methyl/N-ethyl adjacent to an activating group) is 1.